The van der Waals surface area contributed by atoms with Gasteiger partial charge in [-0.2, -0.15) is 0 Å². The molecule has 0 aromatic heterocycles. The summed E-state index contributed by atoms with van der Waals surface area (Å²) in [6, 6.07) is 0. The predicted octanol–water partition coefficient (Wildman–Crippen LogP) is 11.2. The van der Waals surface area contributed by atoms with E-state index in [1.807, 2.05) is 24.3 Å². The van der Waals surface area contributed by atoms with Crippen LogP contribution in [0.4, 0.5) is 0 Å². The van der Waals surface area contributed by atoms with Crippen molar-refractivity contribution in [3.05, 3.63) is 117 Å². The molecule has 0 saturated carbocycles. The molecule has 240 valence electrons. The summed E-state index contributed by atoms with van der Waals surface area (Å²) in [4.78, 5) is 21.1. The van der Waals surface area contributed by atoms with E-state index in [2.05, 4.69) is 79.7 Å². The Labute approximate surface area is 267 Å². The highest BCUT2D eigenvalue weighted by atomic mass is 16.4. The molecule has 0 fully saturated rings. The lowest BCUT2D eigenvalue weighted by atomic mass is 9.72. The van der Waals surface area contributed by atoms with Crippen LogP contribution in [-0.2, 0) is 9.59 Å². The molecular weight excluding hydrogens is 544 g/mol. The maximum absolute atomic E-state index is 10.5. The zero-order valence-corrected chi connectivity index (χ0v) is 28.9. The second-order valence-corrected chi connectivity index (χ2v) is 13.5. The van der Waals surface area contributed by atoms with Crippen molar-refractivity contribution in [2.75, 3.05) is 0 Å². The van der Waals surface area contributed by atoms with Gasteiger partial charge in [-0.15, -0.1) is 0 Å². The molecule has 0 amide bonds. The van der Waals surface area contributed by atoms with Crippen LogP contribution in [0.2, 0.25) is 0 Å². The Bertz CT molecular complexity index is 1240. The molecule has 2 N–H and O–H groups in total. The van der Waals surface area contributed by atoms with Crippen molar-refractivity contribution in [3.8, 4) is 0 Å². The highest BCUT2D eigenvalue weighted by Crippen LogP contribution is 2.41. The van der Waals surface area contributed by atoms with Gasteiger partial charge in [0.15, 0.2) is 0 Å². The lowest BCUT2D eigenvalue weighted by molar-refractivity contribution is -0.132. The molecule has 44 heavy (non-hydrogen) atoms. The molecule has 2 aliphatic carbocycles. The van der Waals surface area contributed by atoms with Gasteiger partial charge in [-0.1, -0.05) is 111 Å². The Kier molecular flexibility index (Phi) is 15.9. The van der Waals surface area contributed by atoms with Gasteiger partial charge in [-0.3, -0.25) is 0 Å². The molecule has 0 heterocycles. The minimum atomic E-state index is -0.912. The summed E-state index contributed by atoms with van der Waals surface area (Å²) in [6.45, 7) is 21.4. The molecule has 4 heteroatoms. The van der Waals surface area contributed by atoms with Crippen LogP contribution < -0.4 is 0 Å². The van der Waals surface area contributed by atoms with Gasteiger partial charge in [0.05, 0.1) is 0 Å². The van der Waals surface area contributed by atoms with Crippen molar-refractivity contribution >= 4 is 11.9 Å². The summed E-state index contributed by atoms with van der Waals surface area (Å²) in [5, 5.41) is 17.3. The standard InChI is InChI=1S/2C20H28O2/c2*1-15(8-6-9-16(2)14-19(21)22)11-12-18-17(3)10-7-13-20(18,4)5/h2*6,8-9,11-12,14H,7,10,13H2,1-5H3,(H,21,22)/b9-6+,12-11+,15-8+,16-14-;9-6+,12-11+,15-8-,16-14+. The summed E-state index contributed by atoms with van der Waals surface area (Å²) in [5.41, 5.74) is 10.2. The van der Waals surface area contributed by atoms with E-state index in [1.165, 1.54) is 73.0 Å². The molecule has 0 radical (unpaired) electrons. The van der Waals surface area contributed by atoms with Gasteiger partial charge in [0.1, 0.15) is 0 Å². The fourth-order valence-corrected chi connectivity index (χ4v) is 5.75. The zero-order valence-electron chi connectivity index (χ0n) is 28.9. The Hall–Kier alpha value is -3.66. The third kappa shape index (κ3) is 14.7. The predicted molar refractivity (Wildman–Crippen MR) is 188 cm³/mol. The lowest BCUT2D eigenvalue weighted by Crippen LogP contribution is -2.19. The highest BCUT2D eigenvalue weighted by Gasteiger charge is 2.27. The molecule has 0 aromatic carbocycles. The fourth-order valence-electron chi connectivity index (χ4n) is 5.75. The molecule has 0 spiro atoms. The number of carbonyl (C=O) groups is 2. The van der Waals surface area contributed by atoms with Crippen molar-refractivity contribution in [2.45, 2.75) is 108 Å². The van der Waals surface area contributed by atoms with Crippen LogP contribution in [0.3, 0.4) is 0 Å². The first-order chi connectivity index (χ1) is 20.4. The Morgan fingerprint density at radius 2 is 0.932 bits per heavy atom. The first kappa shape index (κ1) is 38.4. The normalized spacial score (nSPS) is 20.2. The molecule has 2 aliphatic rings. The molecule has 0 saturated heterocycles. The van der Waals surface area contributed by atoms with Gasteiger partial charge in [0.25, 0.3) is 0 Å². The van der Waals surface area contributed by atoms with Gasteiger partial charge in [-0.25, -0.2) is 9.59 Å². The lowest BCUT2D eigenvalue weighted by Gasteiger charge is -2.33. The Morgan fingerprint density at radius 1 is 0.591 bits per heavy atom. The molecule has 0 aromatic rings. The largest absolute Gasteiger partial charge is 0.478 e. The first-order valence-electron chi connectivity index (χ1n) is 15.7. The molecular formula is C40H56O4. The summed E-state index contributed by atoms with van der Waals surface area (Å²) in [7, 11) is 0. The maximum atomic E-state index is 10.5. The number of aliphatic carboxylic acids is 2. The fraction of sp³-hybridized carbons (Fsp3) is 0.450. The van der Waals surface area contributed by atoms with E-state index in [9.17, 15) is 9.59 Å². The van der Waals surface area contributed by atoms with Gasteiger partial charge in [0.2, 0.25) is 0 Å². The van der Waals surface area contributed by atoms with E-state index in [-0.39, 0.29) is 10.8 Å². The average Bonchev–Trinajstić information content (AvgIpc) is 2.87. The van der Waals surface area contributed by atoms with E-state index >= 15 is 0 Å². The Morgan fingerprint density at radius 3 is 1.23 bits per heavy atom. The monoisotopic (exact) mass is 600 g/mol. The maximum Gasteiger partial charge on any atom is 0.328 e. The van der Waals surface area contributed by atoms with E-state index < -0.39 is 11.9 Å². The molecule has 0 bridgehead atoms. The smallest absolute Gasteiger partial charge is 0.328 e. The molecule has 4 nitrogen and oxygen atoms in total. The third-order valence-corrected chi connectivity index (χ3v) is 8.25. The van der Waals surface area contributed by atoms with Crippen LogP contribution in [0, 0.1) is 10.8 Å². The SMILES string of the molecule is CC1=C(/C=C/C(C)=C/C=C/C(C)=C\C(=O)O)C(C)(C)CCC1.CC1=C(/C=C/C(C)=C\C=C\C(C)=C\C(=O)O)C(C)(C)CCC1. The van der Waals surface area contributed by atoms with Crippen molar-refractivity contribution in [3.63, 3.8) is 0 Å². The highest BCUT2D eigenvalue weighted by molar-refractivity contribution is 5.81. The summed E-state index contributed by atoms with van der Waals surface area (Å²) in [6.07, 6.45) is 30.0. The van der Waals surface area contributed by atoms with Crippen LogP contribution in [0.5, 0.6) is 0 Å². The van der Waals surface area contributed by atoms with Crippen molar-refractivity contribution in [2.24, 2.45) is 10.8 Å². The minimum absolute atomic E-state index is 0.260. The molecule has 0 aliphatic heterocycles. The summed E-state index contributed by atoms with van der Waals surface area (Å²) < 4.78 is 0. The van der Waals surface area contributed by atoms with Gasteiger partial charge < -0.3 is 10.2 Å². The van der Waals surface area contributed by atoms with Gasteiger partial charge >= 0.3 is 11.9 Å². The second-order valence-electron chi connectivity index (χ2n) is 13.5. The van der Waals surface area contributed by atoms with Crippen LogP contribution >= 0.6 is 0 Å². The average molecular weight is 601 g/mol. The summed E-state index contributed by atoms with van der Waals surface area (Å²) in [5.74, 6) is -1.82. The number of allylic oxidation sites excluding steroid dienone is 18. The summed E-state index contributed by atoms with van der Waals surface area (Å²) >= 11 is 0. The topological polar surface area (TPSA) is 74.6 Å². The molecule has 0 unspecified atom stereocenters. The van der Waals surface area contributed by atoms with E-state index in [0.717, 1.165) is 22.3 Å². The Balaban J connectivity index is 0.000000440. The van der Waals surface area contributed by atoms with E-state index in [0.29, 0.717) is 0 Å². The van der Waals surface area contributed by atoms with Crippen LogP contribution in [0.25, 0.3) is 0 Å². The number of carboxylic acids is 2. The van der Waals surface area contributed by atoms with Crippen molar-refractivity contribution < 1.29 is 19.8 Å². The molecule has 0 atom stereocenters. The number of carboxylic acid groups (broad SMARTS) is 2. The van der Waals surface area contributed by atoms with Crippen molar-refractivity contribution in [1.29, 1.82) is 0 Å². The second kappa shape index (κ2) is 18.2. The van der Waals surface area contributed by atoms with Gasteiger partial charge in [0, 0.05) is 12.2 Å². The number of hydrogen-bond donors (Lipinski definition) is 2. The van der Waals surface area contributed by atoms with Gasteiger partial charge in [-0.05, 0) is 113 Å². The minimum Gasteiger partial charge on any atom is -0.478 e. The van der Waals surface area contributed by atoms with Crippen LogP contribution in [0.15, 0.2) is 117 Å². The molecule has 2 rings (SSSR count). The quantitative estimate of drug-likeness (QED) is 0.193. The van der Waals surface area contributed by atoms with E-state index in [1.54, 1.807) is 26.0 Å². The number of hydrogen-bond acceptors (Lipinski definition) is 2. The first-order valence-corrected chi connectivity index (χ1v) is 15.7. The van der Waals surface area contributed by atoms with Crippen LogP contribution in [-0.4, -0.2) is 22.2 Å². The zero-order chi connectivity index (χ0) is 33.5. The number of rotatable bonds is 10. The third-order valence-electron chi connectivity index (χ3n) is 8.25. The van der Waals surface area contributed by atoms with Crippen molar-refractivity contribution in [1.82, 2.24) is 0 Å². The van der Waals surface area contributed by atoms with E-state index in [4.69, 9.17) is 10.2 Å². The van der Waals surface area contributed by atoms with Crippen LogP contribution in [0.1, 0.15) is 108 Å².